The van der Waals surface area contributed by atoms with Gasteiger partial charge in [-0.3, -0.25) is 4.98 Å². The number of fused-ring (bicyclic) bond motifs is 1. The van der Waals surface area contributed by atoms with Crippen molar-refractivity contribution in [1.29, 1.82) is 0 Å². The second-order valence-corrected chi connectivity index (χ2v) is 6.41. The highest BCUT2D eigenvalue weighted by Gasteiger charge is 2.14. The monoisotopic (exact) mass is 343 g/mol. The molecule has 0 amide bonds. The molecule has 2 aromatic heterocycles. The summed E-state index contributed by atoms with van der Waals surface area (Å²) in [5.74, 6) is 1.13. The summed E-state index contributed by atoms with van der Waals surface area (Å²) in [6.07, 6.45) is 3.55. The van der Waals surface area contributed by atoms with Gasteiger partial charge in [-0.05, 0) is 34.9 Å². The minimum Gasteiger partial charge on any atom is -0.369 e. The van der Waals surface area contributed by atoms with E-state index in [0.717, 1.165) is 22.4 Å². The molecule has 4 heteroatoms. The summed E-state index contributed by atoms with van der Waals surface area (Å²) in [5.41, 5.74) is 5.69. The molecular formula is C22H21N3O. The average Bonchev–Trinajstić information content (AvgIpc) is 3.12. The van der Waals surface area contributed by atoms with Crippen LogP contribution in [0.5, 0.6) is 0 Å². The van der Waals surface area contributed by atoms with Crippen LogP contribution in [0, 0.1) is 0 Å². The van der Waals surface area contributed by atoms with Crippen molar-refractivity contribution in [3.05, 3.63) is 95.6 Å². The van der Waals surface area contributed by atoms with Crippen molar-refractivity contribution in [3.63, 3.8) is 0 Å². The zero-order chi connectivity index (χ0) is 17.8. The van der Waals surface area contributed by atoms with Crippen LogP contribution in [-0.2, 0) is 18.0 Å². The van der Waals surface area contributed by atoms with Crippen molar-refractivity contribution in [1.82, 2.24) is 15.0 Å². The summed E-state index contributed by atoms with van der Waals surface area (Å²) in [4.78, 5) is 12.2. The quantitative estimate of drug-likeness (QED) is 0.546. The Morgan fingerprint density at radius 2 is 1.73 bits per heavy atom. The van der Waals surface area contributed by atoms with E-state index >= 15 is 0 Å². The first-order valence-corrected chi connectivity index (χ1v) is 8.80. The lowest BCUT2D eigenvalue weighted by atomic mass is 9.92. The smallest absolute Gasteiger partial charge is 0.133 e. The molecule has 1 atom stereocenters. The van der Waals surface area contributed by atoms with E-state index in [9.17, 15) is 0 Å². The maximum atomic E-state index is 5.80. The third-order valence-corrected chi connectivity index (χ3v) is 4.62. The first-order valence-electron chi connectivity index (χ1n) is 8.80. The second kappa shape index (κ2) is 7.50. The molecule has 2 aromatic carbocycles. The van der Waals surface area contributed by atoms with Crippen LogP contribution in [-0.4, -0.2) is 15.0 Å². The first-order chi connectivity index (χ1) is 12.8. The third-order valence-electron chi connectivity index (χ3n) is 4.62. The highest BCUT2D eigenvalue weighted by molar-refractivity contribution is 5.80. The van der Waals surface area contributed by atoms with Crippen LogP contribution in [0.15, 0.2) is 73.1 Å². The Hall–Kier alpha value is -2.98. The van der Waals surface area contributed by atoms with E-state index in [1.807, 2.05) is 18.2 Å². The predicted molar refractivity (Wildman–Crippen MR) is 103 cm³/mol. The third kappa shape index (κ3) is 3.51. The lowest BCUT2D eigenvalue weighted by Crippen LogP contribution is -1.97. The molecule has 0 radical (unpaired) electrons. The molecule has 1 N–H and O–H groups in total. The maximum Gasteiger partial charge on any atom is 0.133 e. The van der Waals surface area contributed by atoms with E-state index in [1.165, 1.54) is 11.1 Å². The maximum absolute atomic E-state index is 5.80. The number of rotatable bonds is 6. The van der Waals surface area contributed by atoms with Crippen LogP contribution < -0.4 is 0 Å². The summed E-state index contributed by atoms with van der Waals surface area (Å²) in [5, 5.41) is 0. The Labute approximate surface area is 152 Å². The SMILES string of the molecule is CC(c1ccccc1)c1cccc2[nH]c(COCc3ccncc3)nc12. The molecule has 4 rings (SSSR count). The minimum atomic E-state index is 0.286. The zero-order valence-electron chi connectivity index (χ0n) is 14.7. The van der Waals surface area contributed by atoms with E-state index in [1.54, 1.807) is 12.4 Å². The summed E-state index contributed by atoms with van der Waals surface area (Å²) in [7, 11) is 0. The molecule has 0 aliphatic carbocycles. The van der Waals surface area contributed by atoms with Crippen LogP contribution in [0.1, 0.15) is 35.4 Å². The molecule has 4 nitrogen and oxygen atoms in total. The lowest BCUT2D eigenvalue weighted by molar-refractivity contribution is 0.102. The molecule has 130 valence electrons. The highest BCUT2D eigenvalue weighted by Crippen LogP contribution is 2.29. The molecule has 0 bridgehead atoms. The first kappa shape index (κ1) is 16.5. The fourth-order valence-electron chi connectivity index (χ4n) is 3.19. The number of ether oxygens (including phenoxy) is 1. The van der Waals surface area contributed by atoms with E-state index in [4.69, 9.17) is 9.72 Å². The Kier molecular flexibility index (Phi) is 4.75. The number of pyridine rings is 1. The van der Waals surface area contributed by atoms with Crippen molar-refractivity contribution >= 4 is 11.0 Å². The Morgan fingerprint density at radius 3 is 2.54 bits per heavy atom. The fraction of sp³-hybridized carbons (Fsp3) is 0.182. The number of nitrogens with one attached hydrogen (secondary N) is 1. The second-order valence-electron chi connectivity index (χ2n) is 6.41. The van der Waals surface area contributed by atoms with Gasteiger partial charge in [0.2, 0.25) is 0 Å². The van der Waals surface area contributed by atoms with Gasteiger partial charge in [-0.15, -0.1) is 0 Å². The van der Waals surface area contributed by atoms with Crippen LogP contribution in [0.25, 0.3) is 11.0 Å². The average molecular weight is 343 g/mol. The van der Waals surface area contributed by atoms with Crippen LogP contribution in [0.2, 0.25) is 0 Å². The van der Waals surface area contributed by atoms with Gasteiger partial charge in [-0.1, -0.05) is 49.4 Å². The van der Waals surface area contributed by atoms with E-state index < -0.39 is 0 Å². The van der Waals surface area contributed by atoms with Crippen LogP contribution in [0.3, 0.4) is 0 Å². The summed E-state index contributed by atoms with van der Waals surface area (Å²) in [6, 6.07) is 20.7. The summed E-state index contributed by atoms with van der Waals surface area (Å²) >= 11 is 0. The van der Waals surface area contributed by atoms with Gasteiger partial charge in [0.25, 0.3) is 0 Å². The standard InChI is InChI=1S/C22H21N3O/c1-16(18-6-3-2-4-7-18)19-8-5-9-20-22(19)25-21(24-20)15-26-14-17-10-12-23-13-11-17/h2-13,16H,14-15H2,1H3,(H,24,25). The van der Waals surface area contributed by atoms with E-state index in [-0.39, 0.29) is 5.92 Å². The van der Waals surface area contributed by atoms with Crippen molar-refractivity contribution in [2.75, 3.05) is 0 Å². The fourth-order valence-corrected chi connectivity index (χ4v) is 3.19. The van der Waals surface area contributed by atoms with Gasteiger partial charge in [0.1, 0.15) is 12.4 Å². The van der Waals surface area contributed by atoms with E-state index in [2.05, 4.69) is 59.4 Å². The van der Waals surface area contributed by atoms with Gasteiger partial charge in [-0.25, -0.2) is 4.98 Å². The Bertz CT molecular complexity index is 980. The summed E-state index contributed by atoms with van der Waals surface area (Å²) < 4.78 is 5.80. The Balaban J connectivity index is 1.54. The molecular weight excluding hydrogens is 322 g/mol. The van der Waals surface area contributed by atoms with Crippen LogP contribution in [0.4, 0.5) is 0 Å². The number of nitrogens with zero attached hydrogens (tertiary/aromatic N) is 2. The molecule has 0 spiro atoms. The normalized spacial score (nSPS) is 12.3. The largest absolute Gasteiger partial charge is 0.369 e. The molecule has 1 unspecified atom stereocenters. The number of hydrogen-bond donors (Lipinski definition) is 1. The molecule has 0 aliphatic rings. The van der Waals surface area contributed by atoms with Gasteiger partial charge in [0.15, 0.2) is 0 Å². The number of aromatic nitrogens is 3. The van der Waals surface area contributed by atoms with Gasteiger partial charge >= 0.3 is 0 Å². The highest BCUT2D eigenvalue weighted by atomic mass is 16.5. The van der Waals surface area contributed by atoms with Gasteiger partial charge < -0.3 is 9.72 Å². The van der Waals surface area contributed by atoms with Gasteiger partial charge in [-0.2, -0.15) is 0 Å². The number of aromatic amines is 1. The van der Waals surface area contributed by atoms with Gasteiger partial charge in [0.05, 0.1) is 17.6 Å². The van der Waals surface area contributed by atoms with Crippen molar-refractivity contribution < 1.29 is 4.74 Å². The molecule has 0 fully saturated rings. The molecule has 4 aromatic rings. The topological polar surface area (TPSA) is 50.8 Å². The van der Waals surface area contributed by atoms with Gasteiger partial charge in [0, 0.05) is 18.3 Å². The van der Waals surface area contributed by atoms with Crippen molar-refractivity contribution in [2.24, 2.45) is 0 Å². The van der Waals surface area contributed by atoms with Crippen molar-refractivity contribution in [2.45, 2.75) is 26.1 Å². The van der Waals surface area contributed by atoms with Crippen LogP contribution >= 0.6 is 0 Å². The van der Waals surface area contributed by atoms with Crippen molar-refractivity contribution in [3.8, 4) is 0 Å². The molecule has 0 saturated heterocycles. The van der Waals surface area contributed by atoms with E-state index in [0.29, 0.717) is 13.2 Å². The summed E-state index contributed by atoms with van der Waals surface area (Å²) in [6.45, 7) is 3.22. The lowest BCUT2D eigenvalue weighted by Gasteiger charge is -2.12. The minimum absolute atomic E-state index is 0.286. The number of para-hydroxylation sites is 1. The number of H-pyrrole nitrogens is 1. The predicted octanol–water partition coefficient (Wildman–Crippen LogP) is 4.83. The Morgan fingerprint density at radius 1 is 0.923 bits per heavy atom. The molecule has 26 heavy (non-hydrogen) atoms. The number of hydrogen-bond acceptors (Lipinski definition) is 3. The number of benzene rings is 2. The molecule has 2 heterocycles. The molecule has 0 aliphatic heterocycles. The molecule has 0 saturated carbocycles. The number of imidazole rings is 1. The zero-order valence-corrected chi connectivity index (χ0v) is 14.7.